The first-order valence-electron chi connectivity index (χ1n) is 8.62. The minimum Gasteiger partial charge on any atom is -0.493 e. The molecule has 0 unspecified atom stereocenters. The van der Waals surface area contributed by atoms with Gasteiger partial charge in [0.2, 0.25) is 0 Å². The molecule has 1 aromatic heterocycles. The van der Waals surface area contributed by atoms with Gasteiger partial charge in [-0.15, -0.1) is 10.2 Å². The van der Waals surface area contributed by atoms with Gasteiger partial charge in [-0.3, -0.25) is 0 Å². The van der Waals surface area contributed by atoms with Crippen LogP contribution in [0.3, 0.4) is 0 Å². The van der Waals surface area contributed by atoms with E-state index in [0.29, 0.717) is 6.54 Å². The average molecular weight is 360 g/mol. The first-order valence-corrected chi connectivity index (χ1v) is 8.62. The van der Waals surface area contributed by atoms with Crippen molar-refractivity contribution in [2.24, 2.45) is 12.0 Å². The third kappa shape index (κ3) is 5.11. The highest BCUT2D eigenvalue weighted by Gasteiger charge is 2.09. The number of likely N-dealkylation sites (N-methyl/N-ethyl adjacent to an activating group) is 1. The van der Waals surface area contributed by atoms with Gasteiger partial charge in [0.05, 0.1) is 14.2 Å². The number of nitrogens with one attached hydrogen (secondary N) is 1. The second kappa shape index (κ2) is 9.65. The average Bonchev–Trinajstić information content (AvgIpc) is 3.07. The summed E-state index contributed by atoms with van der Waals surface area (Å²) in [4.78, 5) is 6.76. The molecule has 0 amide bonds. The van der Waals surface area contributed by atoms with E-state index in [1.54, 1.807) is 20.5 Å². The maximum atomic E-state index is 5.37. The van der Waals surface area contributed by atoms with Crippen molar-refractivity contribution in [1.82, 2.24) is 25.0 Å². The van der Waals surface area contributed by atoms with Crippen LogP contribution in [0, 0.1) is 0 Å². The fourth-order valence-corrected chi connectivity index (χ4v) is 2.50. The van der Waals surface area contributed by atoms with Gasteiger partial charge in [-0.1, -0.05) is 6.07 Å². The van der Waals surface area contributed by atoms with Crippen LogP contribution in [0.1, 0.15) is 18.3 Å². The number of guanidine groups is 1. The molecule has 0 aliphatic heterocycles. The molecular weight excluding hydrogens is 332 g/mol. The van der Waals surface area contributed by atoms with Crippen molar-refractivity contribution in [3.8, 4) is 11.5 Å². The van der Waals surface area contributed by atoms with Crippen LogP contribution >= 0.6 is 0 Å². The SMILES string of the molecule is CCNC(=NCc1nncn1C)N(C)CCc1ccc(OC)c(OC)c1. The van der Waals surface area contributed by atoms with Gasteiger partial charge in [0.25, 0.3) is 0 Å². The minimum absolute atomic E-state index is 0.486. The van der Waals surface area contributed by atoms with Crippen LogP contribution in [-0.2, 0) is 20.0 Å². The third-order valence-corrected chi connectivity index (χ3v) is 4.06. The number of nitrogens with zero attached hydrogens (tertiary/aromatic N) is 5. The lowest BCUT2D eigenvalue weighted by atomic mass is 10.1. The molecule has 1 aromatic carbocycles. The van der Waals surface area contributed by atoms with Crippen LogP contribution in [0.5, 0.6) is 11.5 Å². The van der Waals surface area contributed by atoms with Crippen molar-refractivity contribution in [2.45, 2.75) is 19.9 Å². The molecule has 0 bridgehead atoms. The Labute approximate surface area is 154 Å². The molecule has 2 aromatic rings. The Morgan fingerprint density at radius 1 is 1.27 bits per heavy atom. The monoisotopic (exact) mass is 360 g/mol. The fourth-order valence-electron chi connectivity index (χ4n) is 2.50. The Bertz CT molecular complexity index is 728. The molecule has 0 saturated carbocycles. The summed E-state index contributed by atoms with van der Waals surface area (Å²) in [5.74, 6) is 3.16. The van der Waals surface area contributed by atoms with Gasteiger partial charge in [-0.05, 0) is 31.0 Å². The van der Waals surface area contributed by atoms with E-state index in [1.165, 1.54) is 5.56 Å². The van der Waals surface area contributed by atoms with Gasteiger partial charge in [-0.25, -0.2) is 4.99 Å². The number of benzene rings is 1. The molecule has 0 fully saturated rings. The second-order valence-corrected chi connectivity index (χ2v) is 5.89. The molecule has 8 heteroatoms. The van der Waals surface area contributed by atoms with Crippen molar-refractivity contribution >= 4 is 5.96 Å². The van der Waals surface area contributed by atoms with Gasteiger partial charge in [0, 0.05) is 27.2 Å². The van der Waals surface area contributed by atoms with Crippen molar-refractivity contribution < 1.29 is 9.47 Å². The summed E-state index contributed by atoms with van der Waals surface area (Å²) in [6, 6.07) is 6.00. The van der Waals surface area contributed by atoms with Crippen LogP contribution in [0.2, 0.25) is 0 Å². The molecule has 1 N–H and O–H groups in total. The summed E-state index contributed by atoms with van der Waals surface area (Å²) in [6.45, 7) is 4.16. The smallest absolute Gasteiger partial charge is 0.194 e. The zero-order chi connectivity index (χ0) is 18.9. The van der Waals surface area contributed by atoms with Gasteiger partial charge in [0.1, 0.15) is 12.9 Å². The van der Waals surface area contributed by atoms with Crippen molar-refractivity contribution in [3.05, 3.63) is 35.9 Å². The summed E-state index contributed by atoms with van der Waals surface area (Å²) in [7, 11) is 7.23. The zero-order valence-corrected chi connectivity index (χ0v) is 16.2. The lowest BCUT2D eigenvalue weighted by Crippen LogP contribution is -2.40. The molecule has 0 spiro atoms. The van der Waals surface area contributed by atoms with E-state index in [-0.39, 0.29) is 0 Å². The molecule has 0 saturated heterocycles. The highest BCUT2D eigenvalue weighted by atomic mass is 16.5. The molecule has 0 aliphatic rings. The van der Waals surface area contributed by atoms with E-state index in [2.05, 4.69) is 38.4 Å². The number of hydrogen-bond acceptors (Lipinski definition) is 5. The first kappa shape index (κ1) is 19.6. The van der Waals surface area contributed by atoms with E-state index in [9.17, 15) is 0 Å². The maximum absolute atomic E-state index is 5.37. The molecular formula is C18H28N6O2. The van der Waals surface area contributed by atoms with E-state index in [1.807, 2.05) is 30.8 Å². The van der Waals surface area contributed by atoms with Crippen LogP contribution < -0.4 is 14.8 Å². The van der Waals surface area contributed by atoms with E-state index in [4.69, 9.17) is 9.47 Å². The second-order valence-electron chi connectivity index (χ2n) is 5.89. The number of aliphatic imine (C=N–C) groups is 1. The van der Waals surface area contributed by atoms with Crippen molar-refractivity contribution in [1.29, 1.82) is 0 Å². The largest absolute Gasteiger partial charge is 0.493 e. The highest BCUT2D eigenvalue weighted by Crippen LogP contribution is 2.27. The Morgan fingerprint density at radius 2 is 2.04 bits per heavy atom. The standard InChI is InChI=1S/C18H28N6O2/c1-6-19-18(20-12-17-22-21-13-24(17)3)23(2)10-9-14-7-8-15(25-4)16(11-14)26-5/h7-8,11,13H,6,9-10,12H2,1-5H3,(H,19,20). The summed E-state index contributed by atoms with van der Waals surface area (Å²) in [5, 5.41) is 11.3. The molecule has 8 nitrogen and oxygen atoms in total. The number of hydrogen-bond donors (Lipinski definition) is 1. The van der Waals surface area contributed by atoms with Crippen LogP contribution in [0.15, 0.2) is 29.5 Å². The highest BCUT2D eigenvalue weighted by molar-refractivity contribution is 5.79. The number of methoxy groups -OCH3 is 2. The molecule has 26 heavy (non-hydrogen) atoms. The van der Waals surface area contributed by atoms with Gasteiger partial charge in [-0.2, -0.15) is 0 Å². The minimum atomic E-state index is 0.486. The molecule has 142 valence electrons. The number of rotatable bonds is 8. The van der Waals surface area contributed by atoms with Gasteiger partial charge in [0.15, 0.2) is 23.3 Å². The Kier molecular flexibility index (Phi) is 7.25. The lowest BCUT2D eigenvalue weighted by Gasteiger charge is -2.22. The summed E-state index contributed by atoms with van der Waals surface area (Å²) in [6.07, 6.45) is 2.55. The molecule has 2 rings (SSSR count). The Hall–Kier alpha value is -2.77. The van der Waals surface area contributed by atoms with Crippen molar-refractivity contribution in [2.75, 3.05) is 34.4 Å². The summed E-state index contributed by atoms with van der Waals surface area (Å²) >= 11 is 0. The predicted octanol–water partition coefficient (Wildman–Crippen LogP) is 1.47. The molecule has 0 radical (unpaired) electrons. The van der Waals surface area contributed by atoms with Gasteiger partial charge >= 0.3 is 0 Å². The summed E-state index contributed by atoms with van der Waals surface area (Å²) < 4.78 is 12.5. The quantitative estimate of drug-likeness (QED) is 0.567. The molecule has 1 heterocycles. The van der Waals surface area contributed by atoms with E-state index >= 15 is 0 Å². The predicted molar refractivity (Wildman–Crippen MR) is 102 cm³/mol. The number of ether oxygens (including phenoxy) is 2. The van der Waals surface area contributed by atoms with Crippen LogP contribution in [0.4, 0.5) is 0 Å². The van der Waals surface area contributed by atoms with Crippen LogP contribution in [0.25, 0.3) is 0 Å². The lowest BCUT2D eigenvalue weighted by molar-refractivity contribution is 0.354. The van der Waals surface area contributed by atoms with Gasteiger partial charge < -0.3 is 24.3 Å². The molecule has 0 aliphatic carbocycles. The molecule has 0 atom stereocenters. The van der Waals surface area contributed by atoms with E-state index in [0.717, 1.165) is 42.8 Å². The van der Waals surface area contributed by atoms with Crippen LogP contribution in [-0.4, -0.2) is 60.0 Å². The fraction of sp³-hybridized carbons (Fsp3) is 0.500. The number of aromatic nitrogens is 3. The third-order valence-electron chi connectivity index (χ3n) is 4.06. The Balaban J connectivity index is 2.01. The maximum Gasteiger partial charge on any atom is 0.194 e. The van der Waals surface area contributed by atoms with Crippen molar-refractivity contribution in [3.63, 3.8) is 0 Å². The normalized spacial score (nSPS) is 11.3. The zero-order valence-electron chi connectivity index (χ0n) is 16.2. The number of aryl methyl sites for hydroxylation is 1. The Morgan fingerprint density at radius 3 is 2.65 bits per heavy atom. The van der Waals surface area contributed by atoms with E-state index < -0.39 is 0 Å². The topological polar surface area (TPSA) is 76.8 Å². The first-order chi connectivity index (χ1) is 12.6. The summed E-state index contributed by atoms with van der Waals surface area (Å²) in [5.41, 5.74) is 1.18.